The minimum absolute atomic E-state index is 0.103. The summed E-state index contributed by atoms with van der Waals surface area (Å²) >= 11 is 0. The molecule has 0 bridgehead atoms. The predicted octanol–water partition coefficient (Wildman–Crippen LogP) is 1.09. The zero-order valence-corrected chi connectivity index (χ0v) is 11.8. The van der Waals surface area contributed by atoms with Gasteiger partial charge in [-0.1, -0.05) is 0 Å². The lowest BCUT2D eigenvalue weighted by atomic mass is 9.95. The Balaban J connectivity index is 2.21. The fraction of sp³-hybridized carbons (Fsp3) is 0.417. The van der Waals surface area contributed by atoms with E-state index in [0.29, 0.717) is 25.7 Å². The molecule has 1 saturated carbocycles. The Kier molecular flexibility index (Phi) is 4.24. The molecular formula is C12H14N2O6S. The van der Waals surface area contributed by atoms with Crippen molar-refractivity contribution in [2.75, 3.05) is 0 Å². The van der Waals surface area contributed by atoms with Gasteiger partial charge in [0, 0.05) is 24.9 Å². The summed E-state index contributed by atoms with van der Waals surface area (Å²) in [6.45, 7) is 0. The SMILES string of the molecule is O=C1CCC(NS(=O)(=O)c2ccc(O)c([N+](=O)[O-])c2)CC1. The van der Waals surface area contributed by atoms with E-state index in [0.717, 1.165) is 18.2 Å². The molecule has 9 heteroatoms. The van der Waals surface area contributed by atoms with Crippen LogP contribution in [0, 0.1) is 10.1 Å². The van der Waals surface area contributed by atoms with Gasteiger partial charge in [-0.15, -0.1) is 0 Å². The Labute approximate surface area is 121 Å². The number of hydrogen-bond donors (Lipinski definition) is 2. The molecule has 1 aromatic carbocycles. The third-order valence-corrected chi connectivity index (χ3v) is 4.84. The number of rotatable bonds is 4. The van der Waals surface area contributed by atoms with Crippen molar-refractivity contribution in [3.05, 3.63) is 28.3 Å². The molecule has 1 aliphatic carbocycles. The summed E-state index contributed by atoms with van der Waals surface area (Å²) in [6, 6.07) is 2.52. The monoisotopic (exact) mass is 314 g/mol. The molecule has 1 aliphatic rings. The van der Waals surface area contributed by atoms with Gasteiger partial charge >= 0.3 is 5.69 Å². The highest BCUT2D eigenvalue weighted by molar-refractivity contribution is 7.89. The number of carbonyl (C=O) groups is 1. The Hall–Kier alpha value is -2.00. The number of aromatic hydroxyl groups is 1. The lowest BCUT2D eigenvalue weighted by Crippen LogP contribution is -2.37. The second-order valence-electron chi connectivity index (χ2n) is 4.84. The highest BCUT2D eigenvalue weighted by Gasteiger charge is 2.26. The van der Waals surface area contributed by atoms with Crippen molar-refractivity contribution in [3.63, 3.8) is 0 Å². The highest BCUT2D eigenvalue weighted by Crippen LogP contribution is 2.28. The molecule has 2 N–H and O–H groups in total. The third-order valence-electron chi connectivity index (χ3n) is 3.32. The number of hydrogen-bond acceptors (Lipinski definition) is 6. The molecule has 0 unspecified atom stereocenters. The van der Waals surface area contributed by atoms with E-state index in [1.165, 1.54) is 0 Å². The summed E-state index contributed by atoms with van der Waals surface area (Å²) < 4.78 is 26.8. The van der Waals surface area contributed by atoms with Crippen molar-refractivity contribution in [1.29, 1.82) is 0 Å². The first-order valence-corrected chi connectivity index (χ1v) is 7.79. The number of nitrogens with zero attached hydrogens (tertiary/aromatic N) is 1. The summed E-state index contributed by atoms with van der Waals surface area (Å²) in [4.78, 5) is 20.7. The van der Waals surface area contributed by atoms with Gasteiger partial charge in [0.25, 0.3) is 0 Å². The summed E-state index contributed by atoms with van der Waals surface area (Å²) in [5, 5.41) is 20.0. The molecule has 21 heavy (non-hydrogen) atoms. The Morgan fingerprint density at radius 1 is 1.29 bits per heavy atom. The van der Waals surface area contributed by atoms with E-state index in [2.05, 4.69) is 4.72 Å². The van der Waals surface area contributed by atoms with Crippen LogP contribution < -0.4 is 4.72 Å². The lowest BCUT2D eigenvalue weighted by Gasteiger charge is -2.21. The molecule has 0 heterocycles. The maximum Gasteiger partial charge on any atom is 0.312 e. The normalized spacial score (nSPS) is 16.9. The minimum atomic E-state index is -3.93. The standard InChI is InChI=1S/C12H14N2O6S/c15-9-3-1-8(2-4-9)13-21(19,20)10-5-6-12(16)11(7-10)14(17)18/h5-8,13,16H,1-4H2. The van der Waals surface area contributed by atoms with Crippen LogP contribution in [0.5, 0.6) is 5.75 Å². The number of nitrogens with one attached hydrogen (secondary N) is 1. The lowest BCUT2D eigenvalue weighted by molar-refractivity contribution is -0.386. The van der Waals surface area contributed by atoms with E-state index in [9.17, 15) is 28.4 Å². The van der Waals surface area contributed by atoms with Gasteiger partial charge in [0.2, 0.25) is 10.0 Å². The molecule has 8 nitrogen and oxygen atoms in total. The van der Waals surface area contributed by atoms with Gasteiger partial charge in [-0.3, -0.25) is 14.9 Å². The number of phenols is 1. The predicted molar refractivity (Wildman–Crippen MR) is 72.3 cm³/mol. The van der Waals surface area contributed by atoms with Gasteiger partial charge in [0.05, 0.1) is 9.82 Å². The quantitative estimate of drug-likeness (QED) is 0.632. The first kappa shape index (κ1) is 15.4. The number of benzene rings is 1. The molecule has 1 aromatic rings. The summed E-state index contributed by atoms with van der Waals surface area (Å²) in [7, 11) is -3.93. The van der Waals surface area contributed by atoms with Gasteiger partial charge in [0.1, 0.15) is 5.78 Å². The number of carbonyl (C=O) groups excluding carboxylic acids is 1. The van der Waals surface area contributed by atoms with Crippen LogP contribution in [0.3, 0.4) is 0 Å². The first-order chi connectivity index (χ1) is 9.79. The number of phenolic OH excluding ortho intramolecular Hbond substituents is 1. The summed E-state index contributed by atoms with van der Waals surface area (Å²) in [5.74, 6) is -0.493. The zero-order valence-electron chi connectivity index (χ0n) is 11.0. The molecule has 0 saturated heterocycles. The van der Waals surface area contributed by atoms with E-state index < -0.39 is 26.4 Å². The average Bonchev–Trinajstić information content (AvgIpc) is 2.41. The number of nitro benzene ring substituents is 1. The smallest absolute Gasteiger partial charge is 0.312 e. The van der Waals surface area contributed by atoms with Gasteiger partial charge in [-0.2, -0.15) is 0 Å². The number of sulfonamides is 1. The zero-order chi connectivity index (χ0) is 15.6. The van der Waals surface area contributed by atoms with Crippen molar-refractivity contribution >= 4 is 21.5 Å². The molecule has 0 amide bonds. The highest BCUT2D eigenvalue weighted by atomic mass is 32.2. The summed E-state index contributed by atoms with van der Waals surface area (Å²) in [5.41, 5.74) is -0.670. The Bertz CT molecular complexity index is 675. The Morgan fingerprint density at radius 3 is 2.48 bits per heavy atom. The van der Waals surface area contributed by atoms with Crippen molar-refractivity contribution in [2.24, 2.45) is 0 Å². The van der Waals surface area contributed by atoms with Gasteiger partial charge in [0.15, 0.2) is 5.75 Å². The number of Topliss-reactive ketones (excluding diaryl/α,β-unsaturated/α-hetero) is 1. The maximum atomic E-state index is 12.2. The van der Waals surface area contributed by atoms with Crippen molar-refractivity contribution in [1.82, 2.24) is 4.72 Å². The van der Waals surface area contributed by atoms with E-state index in [1.807, 2.05) is 0 Å². The van der Waals surface area contributed by atoms with Crippen LogP contribution in [0.4, 0.5) is 5.69 Å². The van der Waals surface area contributed by atoms with Crippen molar-refractivity contribution in [3.8, 4) is 5.75 Å². The molecule has 114 valence electrons. The second kappa shape index (κ2) is 5.78. The molecule has 0 spiro atoms. The van der Waals surface area contributed by atoms with Crippen LogP contribution in [0.25, 0.3) is 0 Å². The van der Waals surface area contributed by atoms with E-state index in [4.69, 9.17) is 0 Å². The molecular weight excluding hydrogens is 300 g/mol. The van der Waals surface area contributed by atoms with E-state index >= 15 is 0 Å². The molecule has 2 rings (SSSR count). The molecule has 0 aliphatic heterocycles. The fourth-order valence-electron chi connectivity index (χ4n) is 2.16. The van der Waals surface area contributed by atoms with Crippen LogP contribution in [0.1, 0.15) is 25.7 Å². The second-order valence-corrected chi connectivity index (χ2v) is 6.56. The molecule has 1 fully saturated rings. The van der Waals surface area contributed by atoms with Crippen molar-refractivity contribution < 1.29 is 23.2 Å². The third kappa shape index (κ3) is 3.56. The van der Waals surface area contributed by atoms with Crippen LogP contribution in [-0.4, -0.2) is 30.3 Å². The average molecular weight is 314 g/mol. The van der Waals surface area contributed by atoms with E-state index in [1.54, 1.807) is 0 Å². The maximum absolute atomic E-state index is 12.2. The van der Waals surface area contributed by atoms with Crippen LogP contribution in [0.2, 0.25) is 0 Å². The van der Waals surface area contributed by atoms with Crippen LogP contribution in [-0.2, 0) is 14.8 Å². The number of nitro groups is 1. The van der Waals surface area contributed by atoms with Gasteiger partial charge < -0.3 is 5.11 Å². The van der Waals surface area contributed by atoms with E-state index in [-0.39, 0.29) is 16.7 Å². The van der Waals surface area contributed by atoms with Gasteiger partial charge in [-0.05, 0) is 25.0 Å². The topological polar surface area (TPSA) is 127 Å². The van der Waals surface area contributed by atoms with Crippen LogP contribution in [0.15, 0.2) is 23.1 Å². The fourth-order valence-corrected chi connectivity index (χ4v) is 3.49. The van der Waals surface area contributed by atoms with Gasteiger partial charge in [-0.25, -0.2) is 13.1 Å². The largest absolute Gasteiger partial charge is 0.502 e. The molecule has 0 radical (unpaired) electrons. The minimum Gasteiger partial charge on any atom is -0.502 e. The Morgan fingerprint density at radius 2 is 1.90 bits per heavy atom. The molecule has 0 aromatic heterocycles. The summed E-state index contributed by atoms with van der Waals surface area (Å²) in [6.07, 6.45) is 1.47. The van der Waals surface area contributed by atoms with Crippen molar-refractivity contribution in [2.45, 2.75) is 36.6 Å². The molecule has 0 atom stereocenters. The van der Waals surface area contributed by atoms with Crippen LogP contribution >= 0.6 is 0 Å². The number of ketones is 1. The first-order valence-electron chi connectivity index (χ1n) is 6.31.